The van der Waals surface area contributed by atoms with Crippen molar-refractivity contribution in [1.82, 2.24) is 36.8 Å². The van der Waals surface area contributed by atoms with Crippen molar-refractivity contribution in [3.63, 3.8) is 0 Å². The van der Waals surface area contributed by atoms with Crippen LogP contribution in [0, 0.1) is 17.8 Å². The SMILES string of the molecule is CC[C@H](C)[C@H](NC(=O)[C@@H](N)CCC(=O)O)C(=O)N[C@@H](Cc1ccc(O)cc1)C(=O)N[C@@H](Cc1ccccc1)C(=O)N[C@@H](C)C(=O)N[C@H](C(=O)N[C@H](C(=O)N1CCC[C@H]1C(=O)O)C(C)C)C(C)C. The first-order chi connectivity index (χ1) is 31.5. The number of hydrogen-bond donors (Lipinski definition) is 10. The average molecular weight is 937 g/mol. The molecule has 3 rings (SSSR count). The molecule has 20 nitrogen and oxygen atoms in total. The number of carboxylic acid groups (broad SMARTS) is 2. The van der Waals surface area contributed by atoms with E-state index in [1.807, 2.05) is 0 Å². The fourth-order valence-electron chi connectivity index (χ4n) is 7.46. The normalized spacial score (nSPS) is 17.1. The Morgan fingerprint density at radius 1 is 0.642 bits per heavy atom. The van der Waals surface area contributed by atoms with E-state index in [1.54, 1.807) is 84.0 Å². The molecule has 7 amide bonds. The minimum Gasteiger partial charge on any atom is -0.508 e. The molecule has 0 radical (unpaired) electrons. The van der Waals surface area contributed by atoms with Gasteiger partial charge in [0, 0.05) is 25.8 Å². The molecule has 1 fully saturated rings. The van der Waals surface area contributed by atoms with Gasteiger partial charge < -0.3 is 57.9 Å². The predicted molar refractivity (Wildman–Crippen MR) is 246 cm³/mol. The molecule has 2 aromatic rings. The number of phenols is 1. The fraction of sp³-hybridized carbons (Fsp3) is 0.553. The molecule has 0 aromatic heterocycles. The predicted octanol–water partition coefficient (Wildman–Crippen LogP) is 0.732. The molecule has 20 heteroatoms. The van der Waals surface area contributed by atoms with Crippen molar-refractivity contribution in [2.75, 3.05) is 6.54 Å². The van der Waals surface area contributed by atoms with Gasteiger partial charge in [-0.05, 0) is 67.2 Å². The van der Waals surface area contributed by atoms with Crippen molar-refractivity contribution >= 4 is 53.3 Å². The van der Waals surface area contributed by atoms with Crippen molar-refractivity contribution in [3.05, 3.63) is 65.7 Å². The molecule has 0 saturated carbocycles. The Morgan fingerprint density at radius 3 is 1.69 bits per heavy atom. The first-order valence-corrected chi connectivity index (χ1v) is 22.7. The fourth-order valence-corrected chi connectivity index (χ4v) is 7.46. The molecular formula is C47H68N8O12. The number of likely N-dealkylation sites (tertiary alicyclic amines) is 1. The maximum atomic E-state index is 14.3. The Labute approximate surface area is 390 Å². The molecule has 1 heterocycles. The van der Waals surface area contributed by atoms with Crippen molar-refractivity contribution in [2.24, 2.45) is 23.5 Å². The van der Waals surface area contributed by atoms with Crippen molar-refractivity contribution in [1.29, 1.82) is 0 Å². The van der Waals surface area contributed by atoms with Crippen molar-refractivity contribution < 1.29 is 58.5 Å². The number of aliphatic carboxylic acids is 2. The highest BCUT2D eigenvalue weighted by molar-refractivity contribution is 5.98. The summed E-state index contributed by atoms with van der Waals surface area (Å²) >= 11 is 0. The van der Waals surface area contributed by atoms with Crippen LogP contribution < -0.4 is 37.6 Å². The number of hydrogen-bond acceptors (Lipinski definition) is 11. The number of amides is 7. The third-order valence-electron chi connectivity index (χ3n) is 11.8. The summed E-state index contributed by atoms with van der Waals surface area (Å²) in [5.41, 5.74) is 7.08. The number of aromatic hydroxyl groups is 1. The Bertz CT molecular complexity index is 2050. The van der Waals surface area contributed by atoms with Gasteiger partial charge in [-0.25, -0.2) is 4.79 Å². The number of benzene rings is 2. The van der Waals surface area contributed by atoms with Crippen LogP contribution in [0.4, 0.5) is 0 Å². The zero-order chi connectivity index (χ0) is 50.1. The van der Waals surface area contributed by atoms with Gasteiger partial charge in [0.2, 0.25) is 41.4 Å². The number of nitrogens with one attached hydrogen (secondary N) is 6. The first kappa shape index (κ1) is 54.8. The number of rotatable bonds is 25. The number of carboxylic acids is 2. The average Bonchev–Trinajstić information content (AvgIpc) is 3.79. The Balaban J connectivity index is 1.85. The van der Waals surface area contributed by atoms with Gasteiger partial charge in [-0.1, -0.05) is 90.4 Å². The molecule has 0 unspecified atom stereocenters. The number of nitrogens with zero attached hydrogens (tertiary/aromatic N) is 1. The van der Waals surface area contributed by atoms with E-state index in [4.69, 9.17) is 10.8 Å². The van der Waals surface area contributed by atoms with Crippen molar-refractivity contribution in [3.8, 4) is 5.75 Å². The summed E-state index contributed by atoms with van der Waals surface area (Å²) in [6.45, 7) is 11.9. The van der Waals surface area contributed by atoms with E-state index in [9.17, 15) is 53.4 Å². The molecule has 0 aliphatic carbocycles. The lowest BCUT2D eigenvalue weighted by Gasteiger charge is -2.31. The lowest BCUT2D eigenvalue weighted by Crippen LogP contribution is -2.61. The van der Waals surface area contributed by atoms with Crippen LogP contribution in [0.2, 0.25) is 0 Å². The molecule has 9 atom stereocenters. The Kier molecular flexibility index (Phi) is 21.2. The minimum absolute atomic E-state index is 0.0475. The summed E-state index contributed by atoms with van der Waals surface area (Å²) in [6, 6.07) is 4.89. The number of nitrogens with two attached hydrogens (primary N) is 1. The summed E-state index contributed by atoms with van der Waals surface area (Å²) < 4.78 is 0. The monoisotopic (exact) mass is 936 g/mol. The largest absolute Gasteiger partial charge is 0.508 e. The summed E-state index contributed by atoms with van der Waals surface area (Å²) in [6.07, 6.45) is 0.453. The van der Waals surface area contributed by atoms with Gasteiger partial charge in [-0.3, -0.25) is 38.4 Å². The molecule has 11 N–H and O–H groups in total. The lowest BCUT2D eigenvalue weighted by molar-refractivity contribution is -0.150. The van der Waals surface area contributed by atoms with Gasteiger partial charge in [-0.2, -0.15) is 0 Å². The first-order valence-electron chi connectivity index (χ1n) is 22.7. The zero-order valence-electron chi connectivity index (χ0n) is 39.2. The highest BCUT2D eigenvalue weighted by Crippen LogP contribution is 2.21. The third-order valence-corrected chi connectivity index (χ3v) is 11.8. The molecular weight excluding hydrogens is 869 g/mol. The number of phenolic OH excluding ortho intramolecular Hbond substituents is 1. The van der Waals surface area contributed by atoms with Crippen LogP contribution in [0.5, 0.6) is 5.75 Å². The van der Waals surface area contributed by atoms with Gasteiger partial charge in [0.1, 0.15) is 48.0 Å². The summed E-state index contributed by atoms with van der Waals surface area (Å²) in [7, 11) is 0. The smallest absolute Gasteiger partial charge is 0.326 e. The second-order valence-electron chi connectivity index (χ2n) is 17.8. The molecule has 2 aromatic carbocycles. The summed E-state index contributed by atoms with van der Waals surface area (Å²) in [4.78, 5) is 121. The second kappa shape index (κ2) is 25.9. The van der Waals surface area contributed by atoms with Gasteiger partial charge >= 0.3 is 11.9 Å². The Hall–Kier alpha value is -6.57. The second-order valence-corrected chi connectivity index (χ2v) is 17.8. The van der Waals surface area contributed by atoms with E-state index in [0.717, 1.165) is 0 Å². The molecule has 1 saturated heterocycles. The van der Waals surface area contributed by atoms with E-state index < -0.39 is 119 Å². The van der Waals surface area contributed by atoms with Crippen LogP contribution >= 0.6 is 0 Å². The van der Waals surface area contributed by atoms with Crippen LogP contribution in [0.15, 0.2) is 54.6 Å². The molecule has 0 bridgehead atoms. The molecule has 1 aliphatic heterocycles. The van der Waals surface area contributed by atoms with E-state index in [1.165, 1.54) is 24.0 Å². The van der Waals surface area contributed by atoms with Crippen LogP contribution in [-0.2, 0) is 56.0 Å². The van der Waals surface area contributed by atoms with Crippen LogP contribution in [0.1, 0.15) is 91.7 Å². The highest BCUT2D eigenvalue weighted by atomic mass is 16.4. The van der Waals surface area contributed by atoms with Crippen LogP contribution in [0.3, 0.4) is 0 Å². The molecule has 67 heavy (non-hydrogen) atoms. The standard InChI is InChI=1S/C47H68N8O12/c1-8-27(6)39(54-41(60)32(48)20-21-36(57)58)45(64)51-34(24-30-16-18-31(56)19-17-30)43(62)50-33(23-29-13-10-9-11-14-29)42(61)49-28(7)40(59)52-37(25(2)3)44(63)53-38(26(4)5)46(65)55-22-12-15-35(55)47(66)67/h9-11,13-14,16-19,25-28,32-35,37-39,56H,8,12,15,20-24,48H2,1-7H3,(H,49,61)(H,50,62)(H,51,64)(H,52,59)(H,53,63)(H,54,60)(H,57,58)(H,66,67)/t27-,28-,32-,33-,34-,35-,37-,38-,39-/m0/s1. The molecule has 1 aliphatic rings. The quantitative estimate of drug-likeness (QED) is 0.0658. The maximum absolute atomic E-state index is 14.3. The van der Waals surface area contributed by atoms with Gasteiger partial charge in [0.05, 0.1) is 6.04 Å². The maximum Gasteiger partial charge on any atom is 0.326 e. The topological polar surface area (TPSA) is 316 Å². The van der Waals surface area contributed by atoms with Crippen LogP contribution in [0.25, 0.3) is 0 Å². The third kappa shape index (κ3) is 16.7. The van der Waals surface area contributed by atoms with E-state index in [2.05, 4.69) is 31.9 Å². The Morgan fingerprint density at radius 2 is 1.15 bits per heavy atom. The summed E-state index contributed by atoms with van der Waals surface area (Å²) in [5.74, 6) is -8.84. The van der Waals surface area contributed by atoms with Gasteiger partial charge in [0.25, 0.3) is 0 Å². The van der Waals surface area contributed by atoms with Crippen LogP contribution in [-0.4, -0.2) is 128 Å². The highest BCUT2D eigenvalue weighted by Gasteiger charge is 2.40. The van der Waals surface area contributed by atoms with Gasteiger partial charge in [-0.15, -0.1) is 0 Å². The number of carbonyl (C=O) groups is 9. The zero-order valence-corrected chi connectivity index (χ0v) is 39.2. The van der Waals surface area contributed by atoms with E-state index in [0.29, 0.717) is 24.0 Å². The van der Waals surface area contributed by atoms with Crippen molar-refractivity contribution in [2.45, 2.75) is 142 Å². The van der Waals surface area contributed by atoms with E-state index in [-0.39, 0.29) is 44.4 Å². The molecule has 0 spiro atoms. The summed E-state index contributed by atoms with van der Waals surface area (Å²) in [5, 5.41) is 44.6. The minimum atomic E-state index is -1.36. The van der Waals surface area contributed by atoms with Gasteiger partial charge in [0.15, 0.2) is 0 Å². The van der Waals surface area contributed by atoms with E-state index >= 15 is 0 Å². The molecule has 368 valence electrons. The lowest BCUT2D eigenvalue weighted by atomic mass is 9.96. The number of carbonyl (C=O) groups excluding carboxylic acids is 7.